The van der Waals surface area contributed by atoms with Crippen LogP contribution in [-0.4, -0.2) is 40.6 Å². The first kappa shape index (κ1) is 17.6. The molecule has 9 heteroatoms. The summed E-state index contributed by atoms with van der Waals surface area (Å²) in [6.45, 7) is 1.81. The van der Waals surface area contributed by atoms with E-state index in [1.807, 2.05) is 24.3 Å². The predicted molar refractivity (Wildman–Crippen MR) is 99.5 cm³/mol. The van der Waals surface area contributed by atoms with Crippen LogP contribution in [0.4, 0.5) is 5.13 Å². The number of anilines is 1. The van der Waals surface area contributed by atoms with Crippen molar-refractivity contribution in [2.24, 2.45) is 0 Å². The van der Waals surface area contributed by atoms with Crippen LogP contribution in [0.1, 0.15) is 41.8 Å². The molecule has 2 aromatic rings. The molecule has 26 heavy (non-hydrogen) atoms. The zero-order chi connectivity index (χ0) is 18.3. The number of nitrogens with zero attached hydrogens (tertiary/aromatic N) is 3. The van der Waals surface area contributed by atoms with E-state index in [-0.39, 0.29) is 18.2 Å². The summed E-state index contributed by atoms with van der Waals surface area (Å²) in [6, 6.07) is 6.87. The summed E-state index contributed by atoms with van der Waals surface area (Å²) >= 11 is 1.37. The monoisotopic (exact) mass is 392 g/mol. The molecule has 138 valence electrons. The molecular formula is C17H20N4O3S2. The van der Waals surface area contributed by atoms with E-state index in [1.165, 1.54) is 15.6 Å². The van der Waals surface area contributed by atoms with Crippen LogP contribution in [0.3, 0.4) is 0 Å². The molecule has 1 aliphatic carbocycles. The van der Waals surface area contributed by atoms with Crippen LogP contribution >= 0.6 is 11.3 Å². The average Bonchev–Trinajstić information content (AvgIpc) is 3.40. The predicted octanol–water partition coefficient (Wildman–Crippen LogP) is 2.13. The minimum absolute atomic E-state index is 0.0381. The van der Waals surface area contributed by atoms with Crippen molar-refractivity contribution >= 4 is 32.4 Å². The van der Waals surface area contributed by atoms with Gasteiger partial charge in [-0.1, -0.05) is 35.6 Å². The third-order valence-corrected chi connectivity index (χ3v) is 7.66. The van der Waals surface area contributed by atoms with Gasteiger partial charge in [-0.25, -0.2) is 8.42 Å². The van der Waals surface area contributed by atoms with Crippen LogP contribution < -0.4 is 5.32 Å². The number of aromatic nitrogens is 2. The highest BCUT2D eigenvalue weighted by Gasteiger charge is 2.38. The number of hydrogen-bond acceptors (Lipinski definition) is 6. The molecule has 1 aromatic heterocycles. The fourth-order valence-corrected chi connectivity index (χ4v) is 5.29. The van der Waals surface area contributed by atoms with Gasteiger partial charge in [-0.05, 0) is 37.3 Å². The van der Waals surface area contributed by atoms with Crippen LogP contribution in [0.25, 0.3) is 0 Å². The average molecular weight is 393 g/mol. The Bertz CT molecular complexity index is 937. The van der Waals surface area contributed by atoms with Crippen LogP contribution in [0.15, 0.2) is 24.3 Å². The molecule has 1 aromatic carbocycles. The topological polar surface area (TPSA) is 92.3 Å². The van der Waals surface area contributed by atoms with Gasteiger partial charge in [0, 0.05) is 12.5 Å². The summed E-state index contributed by atoms with van der Waals surface area (Å²) in [4.78, 5) is 12.9. The van der Waals surface area contributed by atoms with Gasteiger partial charge in [-0.2, -0.15) is 4.31 Å². The van der Waals surface area contributed by atoms with Gasteiger partial charge in [0.25, 0.3) is 0 Å². The van der Waals surface area contributed by atoms with Gasteiger partial charge in [0.15, 0.2) is 0 Å². The molecule has 4 rings (SSSR count). The Morgan fingerprint density at radius 3 is 2.69 bits per heavy atom. The van der Waals surface area contributed by atoms with Crippen LogP contribution in [0.5, 0.6) is 0 Å². The second-order valence-electron chi connectivity index (χ2n) is 6.64. The third-order valence-electron chi connectivity index (χ3n) is 4.83. The molecule has 1 aliphatic heterocycles. The SMILES string of the molecule is CCS(=O)(=O)N1Cc2ccccc2C[C@@H]1C(=O)Nc1nnc(C2CC2)s1. The van der Waals surface area contributed by atoms with E-state index in [4.69, 9.17) is 0 Å². The van der Waals surface area contributed by atoms with Gasteiger partial charge in [0.05, 0.1) is 5.75 Å². The lowest BCUT2D eigenvalue weighted by Crippen LogP contribution is -2.51. The molecule has 0 radical (unpaired) electrons. The summed E-state index contributed by atoms with van der Waals surface area (Å²) in [5.74, 6) is 0.0792. The van der Waals surface area contributed by atoms with Crippen molar-refractivity contribution in [3.05, 3.63) is 40.4 Å². The van der Waals surface area contributed by atoms with Gasteiger partial charge in [-0.3, -0.25) is 10.1 Å². The Hall–Kier alpha value is -1.84. The molecule has 2 aliphatic rings. The highest BCUT2D eigenvalue weighted by Crippen LogP contribution is 2.42. The Morgan fingerprint density at radius 1 is 1.27 bits per heavy atom. The number of carbonyl (C=O) groups is 1. The van der Waals surface area contributed by atoms with E-state index >= 15 is 0 Å². The van der Waals surface area contributed by atoms with Gasteiger partial charge in [0.2, 0.25) is 21.1 Å². The van der Waals surface area contributed by atoms with Crippen molar-refractivity contribution in [1.29, 1.82) is 0 Å². The molecule has 7 nitrogen and oxygen atoms in total. The van der Waals surface area contributed by atoms with Crippen LogP contribution in [-0.2, 0) is 27.8 Å². The maximum absolute atomic E-state index is 12.9. The highest BCUT2D eigenvalue weighted by molar-refractivity contribution is 7.89. The van der Waals surface area contributed by atoms with E-state index in [9.17, 15) is 13.2 Å². The number of rotatable bonds is 5. The molecular weight excluding hydrogens is 372 g/mol. The molecule has 1 fully saturated rings. The molecule has 0 spiro atoms. The molecule has 0 unspecified atom stereocenters. The van der Waals surface area contributed by atoms with Gasteiger partial charge in [0.1, 0.15) is 11.0 Å². The van der Waals surface area contributed by atoms with Crippen LogP contribution in [0, 0.1) is 0 Å². The lowest BCUT2D eigenvalue weighted by molar-refractivity contribution is -0.120. The lowest BCUT2D eigenvalue weighted by Gasteiger charge is -2.34. The smallest absolute Gasteiger partial charge is 0.245 e. The zero-order valence-corrected chi connectivity index (χ0v) is 16.0. The summed E-state index contributed by atoms with van der Waals surface area (Å²) in [6.07, 6.45) is 2.59. The number of sulfonamides is 1. The first-order valence-corrected chi connectivity index (χ1v) is 11.1. The minimum Gasteiger partial charge on any atom is -0.299 e. The Balaban J connectivity index is 1.59. The normalized spacial score (nSPS) is 20.6. The van der Waals surface area contributed by atoms with Crippen molar-refractivity contribution in [1.82, 2.24) is 14.5 Å². The standard InChI is InChI=1S/C17H20N4O3S2/c1-2-26(23,24)21-10-13-6-4-3-5-12(13)9-14(21)15(22)18-17-20-19-16(25-17)11-7-8-11/h3-6,11,14H,2,7-10H2,1H3,(H,18,20,22)/t14-/m1/s1. The van der Waals surface area contributed by atoms with E-state index in [0.29, 0.717) is 17.5 Å². The number of fused-ring (bicyclic) bond motifs is 1. The third kappa shape index (κ3) is 3.38. The Kier molecular flexibility index (Phi) is 4.54. The van der Waals surface area contributed by atoms with Crippen LogP contribution in [0.2, 0.25) is 0 Å². The van der Waals surface area contributed by atoms with Crippen molar-refractivity contribution < 1.29 is 13.2 Å². The van der Waals surface area contributed by atoms with Crippen molar-refractivity contribution in [3.63, 3.8) is 0 Å². The van der Waals surface area contributed by atoms with Crippen molar-refractivity contribution in [2.75, 3.05) is 11.1 Å². The lowest BCUT2D eigenvalue weighted by atomic mass is 9.95. The van der Waals surface area contributed by atoms with Crippen molar-refractivity contribution in [2.45, 2.75) is 44.7 Å². The minimum atomic E-state index is -3.51. The maximum atomic E-state index is 12.9. The summed E-state index contributed by atoms with van der Waals surface area (Å²) in [5.41, 5.74) is 1.95. The Morgan fingerprint density at radius 2 is 2.00 bits per heavy atom. The summed E-state index contributed by atoms with van der Waals surface area (Å²) < 4.78 is 26.4. The molecule has 1 N–H and O–H groups in total. The molecule has 1 atom stereocenters. The fraction of sp³-hybridized carbons (Fsp3) is 0.471. The second kappa shape index (κ2) is 6.71. The number of benzene rings is 1. The van der Waals surface area contributed by atoms with Crippen molar-refractivity contribution in [3.8, 4) is 0 Å². The fourth-order valence-electron chi connectivity index (χ4n) is 3.15. The zero-order valence-electron chi connectivity index (χ0n) is 14.4. The van der Waals surface area contributed by atoms with E-state index in [1.54, 1.807) is 6.92 Å². The van der Waals surface area contributed by atoms with E-state index in [0.717, 1.165) is 29.0 Å². The largest absolute Gasteiger partial charge is 0.299 e. The summed E-state index contributed by atoms with van der Waals surface area (Å²) in [5, 5.41) is 12.3. The van der Waals surface area contributed by atoms with Gasteiger partial charge >= 0.3 is 0 Å². The second-order valence-corrected chi connectivity index (χ2v) is 9.86. The number of hydrogen-bond donors (Lipinski definition) is 1. The molecule has 1 amide bonds. The number of carbonyl (C=O) groups excluding carboxylic acids is 1. The maximum Gasteiger partial charge on any atom is 0.245 e. The number of nitrogens with one attached hydrogen (secondary N) is 1. The van der Waals surface area contributed by atoms with Gasteiger partial charge in [-0.15, -0.1) is 10.2 Å². The quantitative estimate of drug-likeness (QED) is 0.841. The number of amides is 1. The molecule has 0 bridgehead atoms. The van der Waals surface area contributed by atoms with E-state index in [2.05, 4.69) is 15.5 Å². The Labute approximate surface area is 156 Å². The van der Waals surface area contributed by atoms with E-state index < -0.39 is 16.1 Å². The molecule has 2 heterocycles. The highest BCUT2D eigenvalue weighted by atomic mass is 32.2. The molecule has 1 saturated carbocycles. The first-order valence-electron chi connectivity index (χ1n) is 8.68. The van der Waals surface area contributed by atoms with Gasteiger partial charge < -0.3 is 0 Å². The first-order chi connectivity index (χ1) is 12.5. The summed E-state index contributed by atoms with van der Waals surface area (Å²) in [7, 11) is -3.51. The molecule has 0 saturated heterocycles.